The Morgan fingerprint density at radius 1 is 1.09 bits per heavy atom. The molecule has 5 heteroatoms. The van der Waals surface area contributed by atoms with Crippen LogP contribution in [-0.4, -0.2) is 20.2 Å². The Labute approximate surface area is 138 Å². The molecule has 2 aromatic rings. The number of amides is 1. The predicted octanol–water partition coefficient (Wildman–Crippen LogP) is 4.43. The number of carbonyl (C=O) groups excluding carboxylic acids is 1. The molecule has 1 N–H and O–H groups in total. The van der Waals surface area contributed by atoms with Crippen molar-refractivity contribution in [2.75, 3.05) is 0 Å². The summed E-state index contributed by atoms with van der Waals surface area (Å²) in [6.45, 7) is 0.462. The number of aromatic hydroxyl groups is 1. The lowest BCUT2D eigenvalue weighted by Gasteiger charge is -2.14. The Bertz CT molecular complexity index is 756. The summed E-state index contributed by atoms with van der Waals surface area (Å²) in [7, 11) is 0. The van der Waals surface area contributed by atoms with Gasteiger partial charge in [-0.25, -0.2) is 0 Å². The van der Waals surface area contributed by atoms with E-state index in [1.54, 1.807) is 29.2 Å². The number of carbonyl (C=O) groups is 1. The highest BCUT2D eigenvalue weighted by molar-refractivity contribution is 8.19. The van der Waals surface area contributed by atoms with E-state index in [0.29, 0.717) is 22.0 Å². The lowest BCUT2D eigenvalue weighted by atomic mass is 10.2. The summed E-state index contributed by atoms with van der Waals surface area (Å²) in [6.07, 6.45) is 1.76. The first kappa shape index (κ1) is 14.8. The summed E-state index contributed by atoms with van der Waals surface area (Å²) in [5.41, 5.74) is 1.68. The van der Waals surface area contributed by atoms with Crippen LogP contribution in [0.5, 0.6) is 5.75 Å². The molecule has 0 aliphatic carbocycles. The minimum absolute atomic E-state index is 0.0875. The third-order valence-corrected chi connectivity index (χ3v) is 4.78. The van der Waals surface area contributed by atoms with Gasteiger partial charge in [0.15, 0.2) is 0 Å². The quantitative estimate of drug-likeness (QED) is 0.669. The minimum Gasteiger partial charge on any atom is -0.507 e. The highest BCUT2D eigenvalue weighted by atomic mass is 32.2. The Kier molecular flexibility index (Phi) is 4.27. The van der Waals surface area contributed by atoms with Crippen molar-refractivity contribution >= 4 is 40.3 Å². The van der Waals surface area contributed by atoms with Crippen molar-refractivity contribution in [3.63, 3.8) is 0 Å². The van der Waals surface area contributed by atoms with Gasteiger partial charge >= 0.3 is 0 Å². The van der Waals surface area contributed by atoms with E-state index >= 15 is 0 Å². The number of hydrogen-bond donors (Lipinski definition) is 1. The molecule has 1 aliphatic heterocycles. The number of rotatable bonds is 3. The molecular weight excluding hydrogens is 314 g/mol. The molecule has 22 heavy (non-hydrogen) atoms. The number of nitrogens with zero attached hydrogens (tertiary/aromatic N) is 1. The number of phenolic OH excluding ortho intramolecular Hbond substituents is 1. The van der Waals surface area contributed by atoms with E-state index in [-0.39, 0.29) is 11.0 Å². The number of thiocarbonyl (C=S) groups is 1. The van der Waals surface area contributed by atoms with Crippen molar-refractivity contribution in [1.82, 2.24) is 4.90 Å². The van der Waals surface area contributed by atoms with Crippen molar-refractivity contribution in [3.05, 3.63) is 70.6 Å². The molecule has 2 aromatic carbocycles. The fraction of sp³-hybridized carbons (Fsp3) is 0.0588. The molecule has 1 saturated heterocycles. The summed E-state index contributed by atoms with van der Waals surface area (Å²) in [5, 5.41) is 9.74. The van der Waals surface area contributed by atoms with Crippen LogP contribution < -0.4 is 0 Å². The number of hydrogen-bond acceptors (Lipinski definition) is 4. The second-order valence-corrected chi connectivity index (χ2v) is 6.19. The summed E-state index contributed by atoms with van der Waals surface area (Å²) >= 11 is 6.52. The molecule has 1 heterocycles. The van der Waals surface area contributed by atoms with Gasteiger partial charge in [0.05, 0.1) is 11.4 Å². The SMILES string of the molecule is O=C1S/C(=C\c2ccccc2O)C(=S)N1Cc1ccccc1. The molecule has 0 saturated carbocycles. The van der Waals surface area contributed by atoms with Crippen LogP contribution in [0.1, 0.15) is 11.1 Å². The molecule has 1 amide bonds. The van der Waals surface area contributed by atoms with E-state index in [9.17, 15) is 9.90 Å². The summed E-state index contributed by atoms with van der Waals surface area (Å²) < 4.78 is 0. The van der Waals surface area contributed by atoms with E-state index in [4.69, 9.17) is 12.2 Å². The first-order valence-electron chi connectivity index (χ1n) is 6.72. The Morgan fingerprint density at radius 2 is 1.77 bits per heavy atom. The van der Waals surface area contributed by atoms with Crippen LogP contribution >= 0.6 is 24.0 Å². The molecule has 3 rings (SSSR count). The first-order chi connectivity index (χ1) is 10.6. The topological polar surface area (TPSA) is 40.5 Å². The fourth-order valence-electron chi connectivity index (χ4n) is 2.15. The molecule has 1 aliphatic rings. The molecular formula is C17H13NO2S2. The highest BCUT2D eigenvalue weighted by Gasteiger charge is 2.31. The van der Waals surface area contributed by atoms with Crippen molar-refractivity contribution in [2.45, 2.75) is 6.54 Å². The average Bonchev–Trinajstić information content (AvgIpc) is 2.78. The van der Waals surface area contributed by atoms with Crippen molar-refractivity contribution in [2.24, 2.45) is 0 Å². The monoisotopic (exact) mass is 327 g/mol. The van der Waals surface area contributed by atoms with Crippen LogP contribution in [0.15, 0.2) is 59.5 Å². The number of benzene rings is 2. The van der Waals surface area contributed by atoms with Gasteiger partial charge in [-0.15, -0.1) is 0 Å². The average molecular weight is 327 g/mol. The zero-order chi connectivity index (χ0) is 15.5. The molecule has 110 valence electrons. The second kappa shape index (κ2) is 6.34. The van der Waals surface area contributed by atoms with Crippen LogP contribution in [0.25, 0.3) is 6.08 Å². The normalized spacial score (nSPS) is 16.5. The van der Waals surface area contributed by atoms with E-state index in [1.165, 1.54) is 0 Å². The molecule has 0 unspecified atom stereocenters. The molecule has 0 radical (unpaired) electrons. The van der Waals surface area contributed by atoms with Crippen LogP contribution in [0, 0.1) is 0 Å². The van der Waals surface area contributed by atoms with Crippen molar-refractivity contribution in [1.29, 1.82) is 0 Å². The minimum atomic E-state index is -0.0875. The van der Waals surface area contributed by atoms with Gasteiger partial charge in [0.1, 0.15) is 10.7 Å². The first-order valence-corrected chi connectivity index (χ1v) is 7.95. The Balaban J connectivity index is 1.84. The van der Waals surface area contributed by atoms with E-state index in [2.05, 4.69) is 0 Å². The van der Waals surface area contributed by atoms with E-state index < -0.39 is 0 Å². The van der Waals surface area contributed by atoms with Crippen LogP contribution in [0.3, 0.4) is 0 Å². The fourth-order valence-corrected chi connectivity index (χ4v) is 3.38. The van der Waals surface area contributed by atoms with E-state index in [0.717, 1.165) is 17.3 Å². The molecule has 1 fully saturated rings. The predicted molar refractivity (Wildman–Crippen MR) is 93.7 cm³/mol. The molecule has 3 nitrogen and oxygen atoms in total. The maximum atomic E-state index is 12.2. The largest absolute Gasteiger partial charge is 0.507 e. The molecule has 0 spiro atoms. The third-order valence-electron chi connectivity index (χ3n) is 3.28. The van der Waals surface area contributed by atoms with E-state index in [1.807, 2.05) is 36.4 Å². The van der Waals surface area contributed by atoms with Gasteiger partial charge in [-0.3, -0.25) is 9.69 Å². The van der Waals surface area contributed by atoms with Gasteiger partial charge in [0, 0.05) is 5.56 Å². The second-order valence-electron chi connectivity index (χ2n) is 4.81. The molecule has 0 atom stereocenters. The summed E-state index contributed by atoms with van der Waals surface area (Å²) in [6, 6.07) is 16.7. The smallest absolute Gasteiger partial charge is 0.291 e. The maximum absolute atomic E-state index is 12.2. The molecule has 0 aromatic heterocycles. The Morgan fingerprint density at radius 3 is 2.50 bits per heavy atom. The lowest BCUT2D eigenvalue weighted by molar-refractivity contribution is 0.244. The molecule has 0 bridgehead atoms. The van der Waals surface area contributed by atoms with Crippen molar-refractivity contribution in [3.8, 4) is 5.75 Å². The van der Waals surface area contributed by atoms with Crippen LogP contribution in [0.4, 0.5) is 4.79 Å². The van der Waals surface area contributed by atoms with Gasteiger partial charge in [0.25, 0.3) is 5.24 Å². The third kappa shape index (κ3) is 3.05. The maximum Gasteiger partial charge on any atom is 0.291 e. The van der Waals surface area contributed by atoms with Crippen LogP contribution in [-0.2, 0) is 6.54 Å². The standard InChI is InChI=1S/C17H13NO2S2/c19-14-9-5-4-8-13(14)10-15-16(21)18(17(20)22-15)11-12-6-2-1-3-7-12/h1-10,19H,11H2/b15-10-. The zero-order valence-corrected chi connectivity index (χ0v) is 13.2. The van der Waals surface area contributed by atoms with Gasteiger partial charge in [0.2, 0.25) is 0 Å². The van der Waals surface area contributed by atoms with Crippen LogP contribution in [0.2, 0.25) is 0 Å². The van der Waals surface area contributed by atoms with Gasteiger partial charge in [-0.05, 0) is 29.5 Å². The lowest BCUT2D eigenvalue weighted by Crippen LogP contribution is -2.26. The highest BCUT2D eigenvalue weighted by Crippen LogP contribution is 2.35. The number of para-hydroxylation sites is 1. The van der Waals surface area contributed by atoms with Crippen molar-refractivity contribution < 1.29 is 9.90 Å². The number of phenols is 1. The number of thioether (sulfide) groups is 1. The van der Waals surface area contributed by atoms with Gasteiger partial charge in [-0.1, -0.05) is 60.7 Å². The van der Waals surface area contributed by atoms with Gasteiger partial charge < -0.3 is 5.11 Å². The Hall–Kier alpha value is -2.11. The summed E-state index contributed by atoms with van der Waals surface area (Å²) in [5.74, 6) is 0.173. The zero-order valence-electron chi connectivity index (χ0n) is 11.6. The summed E-state index contributed by atoms with van der Waals surface area (Å²) in [4.78, 5) is 15.0. The van der Waals surface area contributed by atoms with Gasteiger partial charge in [-0.2, -0.15) is 0 Å².